The second-order valence-corrected chi connectivity index (χ2v) is 6.38. The van der Waals surface area contributed by atoms with Crippen LogP contribution in [0.1, 0.15) is 6.92 Å². The number of carbonyl (C=O) groups is 2. The van der Waals surface area contributed by atoms with Gasteiger partial charge in [0, 0.05) is 23.3 Å². The van der Waals surface area contributed by atoms with E-state index in [1.807, 2.05) is 0 Å². The number of halogens is 2. The second-order valence-electron chi connectivity index (χ2n) is 5.12. The van der Waals surface area contributed by atoms with Gasteiger partial charge in [-0.3, -0.25) is 14.9 Å². The predicted octanol–water partition coefficient (Wildman–Crippen LogP) is 3.84. The van der Waals surface area contributed by atoms with Crippen molar-refractivity contribution in [2.75, 3.05) is 17.2 Å². The summed E-state index contributed by atoms with van der Waals surface area (Å²) in [4.78, 5) is 22.9. The SMILES string of the molecule is CC(=O)Nc1ccc(NC(=S)NC(=O)COc2ccc(Cl)cc2Cl)cc1. The van der Waals surface area contributed by atoms with E-state index >= 15 is 0 Å². The number of anilines is 2. The first-order valence-corrected chi connectivity index (χ1v) is 8.56. The summed E-state index contributed by atoms with van der Waals surface area (Å²) < 4.78 is 5.33. The molecule has 0 unspecified atom stereocenters. The van der Waals surface area contributed by atoms with Crippen LogP contribution in [0, 0.1) is 0 Å². The summed E-state index contributed by atoms with van der Waals surface area (Å²) in [7, 11) is 0. The first kappa shape index (κ1) is 20.0. The fourth-order valence-electron chi connectivity index (χ4n) is 1.90. The molecule has 0 saturated heterocycles. The van der Waals surface area contributed by atoms with Crippen molar-refractivity contribution in [2.24, 2.45) is 0 Å². The second kappa shape index (κ2) is 9.38. The molecule has 2 aromatic rings. The summed E-state index contributed by atoms with van der Waals surface area (Å²) in [5.41, 5.74) is 1.32. The average molecular weight is 412 g/mol. The maximum absolute atomic E-state index is 11.9. The number of nitrogens with one attached hydrogen (secondary N) is 3. The highest BCUT2D eigenvalue weighted by Crippen LogP contribution is 2.27. The molecular weight excluding hydrogens is 397 g/mol. The van der Waals surface area contributed by atoms with Gasteiger partial charge in [0.05, 0.1) is 5.02 Å². The van der Waals surface area contributed by atoms with Crippen LogP contribution in [0.25, 0.3) is 0 Å². The molecule has 0 atom stereocenters. The van der Waals surface area contributed by atoms with Crippen LogP contribution in [0.3, 0.4) is 0 Å². The Labute approximate surface area is 165 Å². The molecule has 0 aliphatic carbocycles. The molecule has 0 spiro atoms. The van der Waals surface area contributed by atoms with E-state index in [0.29, 0.717) is 27.2 Å². The molecule has 2 amide bonds. The Morgan fingerprint density at radius 2 is 1.65 bits per heavy atom. The smallest absolute Gasteiger partial charge is 0.264 e. The topological polar surface area (TPSA) is 79.5 Å². The van der Waals surface area contributed by atoms with Crippen molar-refractivity contribution < 1.29 is 14.3 Å². The number of hydrogen-bond donors (Lipinski definition) is 3. The summed E-state index contributed by atoms with van der Waals surface area (Å²) in [5.74, 6) is -0.253. The van der Waals surface area contributed by atoms with E-state index < -0.39 is 5.91 Å². The Bertz CT molecular complexity index is 829. The standard InChI is InChI=1S/C17H15Cl2N3O3S/c1-10(23)20-12-3-5-13(6-4-12)21-17(26)22-16(24)9-25-15-7-2-11(18)8-14(15)19/h2-8H,9H2,1H3,(H,20,23)(H2,21,22,24,26). The normalized spacial score (nSPS) is 9.96. The van der Waals surface area contributed by atoms with E-state index in [0.717, 1.165) is 0 Å². The largest absolute Gasteiger partial charge is 0.482 e. The lowest BCUT2D eigenvalue weighted by Crippen LogP contribution is -2.37. The highest BCUT2D eigenvalue weighted by atomic mass is 35.5. The zero-order valence-electron chi connectivity index (χ0n) is 13.6. The average Bonchev–Trinajstić information content (AvgIpc) is 2.55. The summed E-state index contributed by atoms with van der Waals surface area (Å²) >= 11 is 16.8. The highest BCUT2D eigenvalue weighted by molar-refractivity contribution is 7.80. The number of carbonyl (C=O) groups excluding carboxylic acids is 2. The van der Waals surface area contributed by atoms with E-state index in [1.54, 1.807) is 36.4 Å². The van der Waals surface area contributed by atoms with Gasteiger partial charge in [-0.15, -0.1) is 0 Å². The van der Waals surface area contributed by atoms with Crippen LogP contribution < -0.4 is 20.7 Å². The van der Waals surface area contributed by atoms with Crippen molar-refractivity contribution >= 4 is 63.7 Å². The summed E-state index contributed by atoms with van der Waals surface area (Å²) in [6.07, 6.45) is 0. The van der Waals surface area contributed by atoms with E-state index in [1.165, 1.54) is 13.0 Å². The Hall–Kier alpha value is -2.35. The van der Waals surface area contributed by atoms with Crippen LogP contribution in [-0.2, 0) is 9.59 Å². The molecule has 136 valence electrons. The third-order valence-electron chi connectivity index (χ3n) is 2.97. The van der Waals surface area contributed by atoms with Crippen molar-refractivity contribution in [2.45, 2.75) is 6.92 Å². The number of benzene rings is 2. The van der Waals surface area contributed by atoms with Crippen LogP contribution in [0.4, 0.5) is 11.4 Å². The molecule has 2 aromatic carbocycles. The molecule has 0 saturated carbocycles. The van der Waals surface area contributed by atoms with Crippen LogP contribution in [-0.4, -0.2) is 23.5 Å². The molecule has 0 bridgehead atoms. The molecule has 0 aliphatic heterocycles. The minimum absolute atomic E-state index is 0.119. The first-order valence-electron chi connectivity index (χ1n) is 7.40. The third kappa shape index (κ3) is 6.51. The molecule has 3 N–H and O–H groups in total. The third-order valence-corrected chi connectivity index (χ3v) is 3.70. The van der Waals surface area contributed by atoms with Gasteiger partial charge in [0.2, 0.25) is 5.91 Å². The molecule has 0 radical (unpaired) electrons. The van der Waals surface area contributed by atoms with Crippen LogP contribution in [0.2, 0.25) is 10.0 Å². The Balaban J connectivity index is 1.81. The zero-order chi connectivity index (χ0) is 19.1. The zero-order valence-corrected chi connectivity index (χ0v) is 16.0. The van der Waals surface area contributed by atoms with Gasteiger partial charge in [0.25, 0.3) is 5.91 Å². The monoisotopic (exact) mass is 411 g/mol. The van der Waals surface area contributed by atoms with E-state index in [-0.39, 0.29) is 17.6 Å². The predicted molar refractivity (Wildman–Crippen MR) is 107 cm³/mol. The maximum Gasteiger partial charge on any atom is 0.264 e. The lowest BCUT2D eigenvalue weighted by Gasteiger charge is -2.11. The van der Waals surface area contributed by atoms with Gasteiger partial charge in [0.1, 0.15) is 5.75 Å². The quantitative estimate of drug-likeness (QED) is 0.651. The van der Waals surface area contributed by atoms with Gasteiger partial charge >= 0.3 is 0 Å². The minimum Gasteiger partial charge on any atom is -0.482 e. The Morgan fingerprint density at radius 1 is 1.04 bits per heavy atom. The van der Waals surface area contributed by atoms with Crippen molar-refractivity contribution in [3.63, 3.8) is 0 Å². The van der Waals surface area contributed by atoms with Gasteiger partial charge < -0.3 is 15.4 Å². The van der Waals surface area contributed by atoms with Gasteiger partial charge in [-0.1, -0.05) is 23.2 Å². The number of ether oxygens (including phenoxy) is 1. The molecule has 6 nitrogen and oxygen atoms in total. The molecular formula is C17H15Cl2N3O3S. The van der Waals surface area contributed by atoms with Crippen molar-refractivity contribution in [3.05, 3.63) is 52.5 Å². The number of thiocarbonyl (C=S) groups is 1. The van der Waals surface area contributed by atoms with E-state index in [2.05, 4.69) is 16.0 Å². The summed E-state index contributed by atoms with van der Waals surface area (Å²) in [6.45, 7) is 1.17. The Kier molecular flexibility index (Phi) is 7.20. The van der Waals surface area contributed by atoms with Crippen molar-refractivity contribution in [1.29, 1.82) is 0 Å². The van der Waals surface area contributed by atoms with Gasteiger partial charge in [-0.05, 0) is 54.7 Å². The van der Waals surface area contributed by atoms with Crippen molar-refractivity contribution in [1.82, 2.24) is 5.32 Å². The maximum atomic E-state index is 11.9. The summed E-state index contributed by atoms with van der Waals surface area (Å²) in [6, 6.07) is 11.6. The number of rotatable bonds is 5. The van der Waals surface area contributed by atoms with Gasteiger partial charge in [-0.25, -0.2) is 0 Å². The highest BCUT2D eigenvalue weighted by Gasteiger charge is 2.08. The van der Waals surface area contributed by atoms with Gasteiger partial charge in [-0.2, -0.15) is 0 Å². The molecule has 2 rings (SSSR count). The fourth-order valence-corrected chi connectivity index (χ4v) is 2.60. The Morgan fingerprint density at radius 3 is 2.23 bits per heavy atom. The van der Waals surface area contributed by atoms with Crippen LogP contribution in [0.5, 0.6) is 5.75 Å². The molecule has 0 aliphatic rings. The fraction of sp³-hybridized carbons (Fsp3) is 0.118. The van der Waals surface area contributed by atoms with Crippen LogP contribution in [0.15, 0.2) is 42.5 Å². The molecule has 0 aromatic heterocycles. The molecule has 0 fully saturated rings. The van der Waals surface area contributed by atoms with E-state index in [9.17, 15) is 9.59 Å². The summed E-state index contributed by atoms with van der Waals surface area (Å²) in [5, 5.41) is 8.91. The number of hydrogen-bond acceptors (Lipinski definition) is 4. The first-order chi connectivity index (χ1) is 12.3. The van der Waals surface area contributed by atoms with E-state index in [4.69, 9.17) is 40.2 Å². The molecule has 0 heterocycles. The molecule has 9 heteroatoms. The minimum atomic E-state index is -0.441. The van der Waals surface area contributed by atoms with Crippen LogP contribution >= 0.6 is 35.4 Å². The molecule has 26 heavy (non-hydrogen) atoms. The lowest BCUT2D eigenvalue weighted by atomic mass is 10.3. The van der Waals surface area contributed by atoms with Gasteiger partial charge in [0.15, 0.2) is 11.7 Å². The number of amides is 2. The lowest BCUT2D eigenvalue weighted by molar-refractivity contribution is -0.121. The van der Waals surface area contributed by atoms with Crippen molar-refractivity contribution in [3.8, 4) is 5.75 Å².